The van der Waals surface area contributed by atoms with E-state index < -0.39 is 0 Å². The molecule has 6 heteroatoms. The van der Waals surface area contributed by atoms with Crippen molar-refractivity contribution >= 4 is 23.4 Å². The Hall–Kier alpha value is -1.85. The van der Waals surface area contributed by atoms with E-state index in [1.165, 1.54) is 5.56 Å². The minimum atomic E-state index is 0.511. The molecule has 23 heavy (non-hydrogen) atoms. The van der Waals surface area contributed by atoms with E-state index in [1.54, 1.807) is 24.0 Å². The highest BCUT2D eigenvalue weighted by molar-refractivity contribution is 7.98. The summed E-state index contributed by atoms with van der Waals surface area (Å²) in [6, 6.07) is 12.1. The average molecular weight is 345 g/mol. The lowest BCUT2D eigenvalue weighted by Gasteiger charge is -2.08. The van der Waals surface area contributed by atoms with Crippen LogP contribution in [0.1, 0.15) is 18.1 Å². The molecule has 0 saturated heterocycles. The summed E-state index contributed by atoms with van der Waals surface area (Å²) in [6.07, 6.45) is 1.80. The smallest absolute Gasteiger partial charge is 0.191 e. The summed E-state index contributed by atoms with van der Waals surface area (Å²) in [4.78, 5) is 4.11. The second-order valence-electron chi connectivity index (χ2n) is 5.20. The molecule has 0 amide bonds. The van der Waals surface area contributed by atoms with Crippen molar-refractivity contribution in [1.29, 1.82) is 0 Å². The summed E-state index contributed by atoms with van der Waals surface area (Å²) >= 11 is 7.47. The number of rotatable bonds is 5. The largest absolute Gasteiger partial charge is 0.302 e. The van der Waals surface area contributed by atoms with Gasteiger partial charge in [0.2, 0.25) is 0 Å². The monoisotopic (exact) mass is 344 g/mol. The van der Waals surface area contributed by atoms with Gasteiger partial charge in [-0.05, 0) is 31.5 Å². The maximum Gasteiger partial charge on any atom is 0.191 e. The number of hydrogen-bond donors (Lipinski definition) is 0. The first kappa shape index (κ1) is 16.0. The topological polar surface area (TPSA) is 43.6 Å². The average Bonchev–Trinajstić information content (AvgIpc) is 2.97. The van der Waals surface area contributed by atoms with Crippen molar-refractivity contribution in [3.05, 3.63) is 58.9 Å². The van der Waals surface area contributed by atoms with E-state index in [0.29, 0.717) is 5.15 Å². The van der Waals surface area contributed by atoms with Gasteiger partial charge in [0.05, 0.1) is 0 Å². The van der Waals surface area contributed by atoms with Crippen molar-refractivity contribution in [3.63, 3.8) is 0 Å². The van der Waals surface area contributed by atoms with Crippen LogP contribution in [0, 0.1) is 6.92 Å². The summed E-state index contributed by atoms with van der Waals surface area (Å²) in [5.74, 6) is 1.70. The predicted molar refractivity (Wildman–Crippen MR) is 94.7 cm³/mol. The molecule has 118 valence electrons. The molecule has 0 aliphatic carbocycles. The first-order chi connectivity index (χ1) is 11.2. The minimum Gasteiger partial charge on any atom is -0.302 e. The maximum absolute atomic E-state index is 5.82. The lowest BCUT2D eigenvalue weighted by molar-refractivity contribution is 0.687. The van der Waals surface area contributed by atoms with Gasteiger partial charge in [-0.25, -0.2) is 4.98 Å². The Labute approximate surface area is 144 Å². The molecule has 2 heterocycles. The number of benzene rings is 1. The molecule has 4 nitrogen and oxygen atoms in total. The molecule has 3 rings (SSSR count). The molecule has 3 aromatic rings. The van der Waals surface area contributed by atoms with Gasteiger partial charge in [0.25, 0.3) is 0 Å². The Kier molecular flexibility index (Phi) is 4.98. The first-order valence-electron chi connectivity index (χ1n) is 7.41. The fourth-order valence-corrected chi connectivity index (χ4v) is 3.37. The molecule has 0 saturated carbocycles. The standard InChI is InChI=1S/C17H17ClN4S/c1-3-22-16(14-6-4-5-12(2)9-14)20-21-17(22)23-11-13-7-8-15(18)19-10-13/h4-10H,3,11H2,1-2H3. The Morgan fingerprint density at radius 2 is 2.04 bits per heavy atom. The summed E-state index contributed by atoms with van der Waals surface area (Å²) < 4.78 is 2.14. The third kappa shape index (κ3) is 3.74. The number of hydrogen-bond acceptors (Lipinski definition) is 4. The lowest BCUT2D eigenvalue weighted by Crippen LogP contribution is -2.00. The van der Waals surface area contributed by atoms with Gasteiger partial charge >= 0.3 is 0 Å². The number of aryl methyl sites for hydroxylation is 1. The Morgan fingerprint density at radius 3 is 2.74 bits per heavy atom. The van der Waals surface area contributed by atoms with E-state index >= 15 is 0 Å². The highest BCUT2D eigenvalue weighted by Crippen LogP contribution is 2.26. The van der Waals surface area contributed by atoms with Crippen LogP contribution >= 0.6 is 23.4 Å². The van der Waals surface area contributed by atoms with E-state index in [2.05, 4.69) is 51.8 Å². The normalized spacial score (nSPS) is 10.9. The van der Waals surface area contributed by atoms with Crippen molar-refractivity contribution in [2.24, 2.45) is 0 Å². The molecule has 0 unspecified atom stereocenters. The van der Waals surface area contributed by atoms with Crippen LogP contribution in [0.3, 0.4) is 0 Å². The van der Waals surface area contributed by atoms with Crippen LogP contribution in [-0.2, 0) is 12.3 Å². The third-order valence-electron chi connectivity index (χ3n) is 3.47. The van der Waals surface area contributed by atoms with E-state index in [1.807, 2.05) is 12.1 Å². The second kappa shape index (κ2) is 7.15. The number of halogens is 1. The van der Waals surface area contributed by atoms with Gasteiger partial charge in [-0.2, -0.15) is 0 Å². The van der Waals surface area contributed by atoms with Gasteiger partial charge in [0.1, 0.15) is 5.15 Å². The summed E-state index contributed by atoms with van der Waals surface area (Å²) in [5.41, 5.74) is 3.43. The number of thioether (sulfide) groups is 1. The number of aromatic nitrogens is 4. The quantitative estimate of drug-likeness (QED) is 0.500. The molecule has 0 atom stereocenters. The van der Waals surface area contributed by atoms with E-state index in [9.17, 15) is 0 Å². The molecular weight excluding hydrogens is 328 g/mol. The zero-order valence-corrected chi connectivity index (χ0v) is 14.6. The zero-order chi connectivity index (χ0) is 16.2. The van der Waals surface area contributed by atoms with Gasteiger partial charge in [-0.1, -0.05) is 53.2 Å². The van der Waals surface area contributed by atoms with Crippen molar-refractivity contribution in [1.82, 2.24) is 19.7 Å². The molecule has 1 aromatic carbocycles. The minimum absolute atomic E-state index is 0.511. The van der Waals surface area contributed by atoms with Crippen molar-refractivity contribution in [2.75, 3.05) is 0 Å². The van der Waals surface area contributed by atoms with E-state index in [0.717, 1.165) is 34.4 Å². The summed E-state index contributed by atoms with van der Waals surface area (Å²) in [5, 5.41) is 10.2. The third-order valence-corrected chi connectivity index (χ3v) is 4.73. The lowest BCUT2D eigenvalue weighted by atomic mass is 10.1. The van der Waals surface area contributed by atoms with Crippen LogP contribution < -0.4 is 0 Å². The van der Waals surface area contributed by atoms with Crippen LogP contribution in [-0.4, -0.2) is 19.7 Å². The molecule has 0 spiro atoms. The van der Waals surface area contributed by atoms with Gasteiger partial charge in [-0.15, -0.1) is 10.2 Å². The number of nitrogens with zero attached hydrogens (tertiary/aromatic N) is 4. The van der Waals surface area contributed by atoms with Crippen LogP contribution in [0.2, 0.25) is 5.15 Å². The second-order valence-corrected chi connectivity index (χ2v) is 6.53. The Balaban J connectivity index is 1.82. The molecule has 0 aliphatic rings. The highest BCUT2D eigenvalue weighted by Gasteiger charge is 2.13. The maximum atomic E-state index is 5.82. The van der Waals surface area contributed by atoms with Crippen LogP contribution in [0.25, 0.3) is 11.4 Å². The fourth-order valence-electron chi connectivity index (χ4n) is 2.32. The van der Waals surface area contributed by atoms with Gasteiger partial charge in [-0.3, -0.25) is 0 Å². The van der Waals surface area contributed by atoms with E-state index in [4.69, 9.17) is 11.6 Å². The van der Waals surface area contributed by atoms with Gasteiger partial charge in [0, 0.05) is 24.1 Å². The molecule has 2 aromatic heterocycles. The SMILES string of the molecule is CCn1c(SCc2ccc(Cl)nc2)nnc1-c1cccc(C)c1. The molecule has 0 bridgehead atoms. The van der Waals surface area contributed by atoms with Crippen LogP contribution in [0.5, 0.6) is 0 Å². The summed E-state index contributed by atoms with van der Waals surface area (Å²) in [7, 11) is 0. The summed E-state index contributed by atoms with van der Waals surface area (Å²) in [6.45, 7) is 5.02. The molecule has 0 fully saturated rings. The van der Waals surface area contributed by atoms with Crippen LogP contribution in [0.15, 0.2) is 47.8 Å². The van der Waals surface area contributed by atoms with Crippen molar-refractivity contribution in [3.8, 4) is 11.4 Å². The first-order valence-corrected chi connectivity index (χ1v) is 8.77. The Morgan fingerprint density at radius 1 is 1.17 bits per heavy atom. The highest BCUT2D eigenvalue weighted by atomic mass is 35.5. The van der Waals surface area contributed by atoms with Crippen molar-refractivity contribution < 1.29 is 0 Å². The van der Waals surface area contributed by atoms with Gasteiger partial charge < -0.3 is 4.57 Å². The molecular formula is C17H17ClN4S. The van der Waals surface area contributed by atoms with Crippen molar-refractivity contribution in [2.45, 2.75) is 31.3 Å². The van der Waals surface area contributed by atoms with E-state index in [-0.39, 0.29) is 0 Å². The molecule has 0 radical (unpaired) electrons. The molecule has 0 aliphatic heterocycles. The fraction of sp³-hybridized carbons (Fsp3) is 0.235. The zero-order valence-electron chi connectivity index (χ0n) is 13.0. The van der Waals surface area contributed by atoms with Gasteiger partial charge in [0.15, 0.2) is 11.0 Å². The van der Waals surface area contributed by atoms with Crippen LogP contribution in [0.4, 0.5) is 0 Å². The molecule has 0 N–H and O–H groups in total. The Bertz CT molecular complexity index is 799. The predicted octanol–water partition coefficient (Wildman–Crippen LogP) is 4.61. The number of pyridine rings is 1.